The largest absolute Gasteiger partial charge is 0.509 e. The molecule has 0 aliphatic rings. The number of aliphatic hydroxyl groups is 6. The molecule has 0 heterocycles. The van der Waals surface area contributed by atoms with Crippen LogP contribution in [0, 0.1) is 0 Å². The van der Waals surface area contributed by atoms with Crippen LogP contribution in [0.5, 0.6) is 0 Å². The van der Waals surface area contributed by atoms with E-state index in [4.69, 9.17) is 15.3 Å². The molecule has 6 heteroatoms. The predicted octanol–water partition coefficient (Wildman–Crippen LogP) is 0.383. The summed E-state index contributed by atoms with van der Waals surface area (Å²) in [6, 6.07) is 0. The normalized spacial score (nSPS) is 9.89. The van der Waals surface area contributed by atoms with Gasteiger partial charge in [-0.25, -0.2) is 0 Å². The average molecular weight is 264 g/mol. The lowest BCUT2D eigenvalue weighted by Gasteiger charge is -2.11. The van der Waals surface area contributed by atoms with Gasteiger partial charge in [-0.3, -0.25) is 0 Å². The van der Waals surface area contributed by atoms with E-state index in [-0.39, 0.29) is 24.7 Å². The van der Waals surface area contributed by atoms with E-state index in [9.17, 15) is 15.3 Å². The van der Waals surface area contributed by atoms with Crippen molar-refractivity contribution in [2.24, 2.45) is 0 Å². The molecule has 108 valence electrons. The van der Waals surface area contributed by atoms with E-state index in [1.54, 1.807) is 27.7 Å². The molecule has 0 atom stereocenters. The smallest absolute Gasteiger partial charge is 0.167 e. The van der Waals surface area contributed by atoms with Gasteiger partial charge in [0.1, 0.15) is 17.6 Å². The van der Waals surface area contributed by atoms with Gasteiger partial charge < -0.3 is 30.6 Å². The summed E-state index contributed by atoms with van der Waals surface area (Å²) in [5.41, 5.74) is 1.19. The third-order valence-electron chi connectivity index (χ3n) is 1.96. The third kappa shape index (κ3) is 8.08. The Labute approximate surface area is 107 Å². The SMILES string of the molecule is CC(C)=C(O)C(O)C(O)=C(C)C.OCC(O)CO. The van der Waals surface area contributed by atoms with Gasteiger partial charge in [0.15, 0.2) is 6.10 Å². The topological polar surface area (TPSA) is 121 Å². The van der Waals surface area contributed by atoms with Crippen LogP contribution >= 0.6 is 0 Å². The fraction of sp³-hybridized carbons (Fsp3) is 0.667. The van der Waals surface area contributed by atoms with Gasteiger partial charge in [-0.05, 0) is 38.8 Å². The fourth-order valence-electron chi connectivity index (χ4n) is 0.734. The molecule has 0 saturated carbocycles. The first kappa shape index (κ1) is 19.3. The molecule has 0 aromatic carbocycles. The zero-order valence-electron chi connectivity index (χ0n) is 11.3. The van der Waals surface area contributed by atoms with E-state index < -0.39 is 12.2 Å². The summed E-state index contributed by atoms with van der Waals surface area (Å²) in [6.07, 6.45) is -2.23. The Balaban J connectivity index is 0. The van der Waals surface area contributed by atoms with Crippen LogP contribution in [0.2, 0.25) is 0 Å². The highest BCUT2D eigenvalue weighted by atomic mass is 16.4. The Bertz CT molecular complexity index is 259. The Morgan fingerprint density at radius 2 is 1.06 bits per heavy atom. The van der Waals surface area contributed by atoms with Gasteiger partial charge in [0.2, 0.25) is 0 Å². The second-order valence-corrected chi connectivity index (χ2v) is 4.19. The molecule has 0 amide bonds. The van der Waals surface area contributed by atoms with Gasteiger partial charge in [-0.2, -0.15) is 0 Å². The molecule has 18 heavy (non-hydrogen) atoms. The van der Waals surface area contributed by atoms with E-state index in [2.05, 4.69) is 0 Å². The summed E-state index contributed by atoms with van der Waals surface area (Å²) in [5, 5.41) is 51.8. The number of hydrogen-bond acceptors (Lipinski definition) is 6. The highest BCUT2D eigenvalue weighted by Gasteiger charge is 2.16. The number of rotatable bonds is 4. The first-order chi connectivity index (χ1) is 8.18. The average Bonchev–Trinajstić information content (AvgIpc) is 2.35. The zero-order chi connectivity index (χ0) is 14.9. The predicted molar refractivity (Wildman–Crippen MR) is 68.2 cm³/mol. The summed E-state index contributed by atoms with van der Waals surface area (Å²) >= 11 is 0. The highest BCUT2D eigenvalue weighted by Crippen LogP contribution is 2.14. The fourth-order valence-corrected chi connectivity index (χ4v) is 0.734. The summed E-state index contributed by atoms with van der Waals surface area (Å²) in [7, 11) is 0. The van der Waals surface area contributed by atoms with Crippen LogP contribution in [0.4, 0.5) is 0 Å². The minimum atomic E-state index is -1.28. The van der Waals surface area contributed by atoms with Crippen molar-refractivity contribution in [1.29, 1.82) is 0 Å². The van der Waals surface area contributed by atoms with Gasteiger partial charge in [0.05, 0.1) is 13.2 Å². The lowest BCUT2D eigenvalue weighted by atomic mass is 10.1. The molecule has 6 N–H and O–H groups in total. The first-order valence-corrected chi connectivity index (χ1v) is 5.49. The Kier molecular flexibility index (Phi) is 10.6. The van der Waals surface area contributed by atoms with E-state index in [1.807, 2.05) is 0 Å². The second kappa shape index (κ2) is 9.90. The maximum Gasteiger partial charge on any atom is 0.167 e. The molecule has 0 aliphatic heterocycles. The van der Waals surface area contributed by atoms with Gasteiger partial charge in [0, 0.05) is 0 Å². The van der Waals surface area contributed by atoms with Gasteiger partial charge in [-0.1, -0.05) is 0 Å². The molecule has 0 unspecified atom stereocenters. The Morgan fingerprint density at radius 3 is 1.17 bits per heavy atom. The summed E-state index contributed by atoms with van der Waals surface area (Å²) in [4.78, 5) is 0. The number of aliphatic hydroxyl groups excluding tert-OH is 6. The quantitative estimate of drug-likeness (QED) is 0.408. The maximum absolute atomic E-state index is 9.31. The van der Waals surface area contributed by atoms with Crippen molar-refractivity contribution < 1.29 is 30.6 Å². The molecule has 0 radical (unpaired) electrons. The van der Waals surface area contributed by atoms with E-state index >= 15 is 0 Å². The Morgan fingerprint density at radius 1 is 0.778 bits per heavy atom. The molecule has 0 bridgehead atoms. The summed E-state index contributed by atoms with van der Waals surface area (Å²) in [6.45, 7) is 5.92. The standard InChI is InChI=1S/C9H16O3.C3H8O3/c1-5(2)7(10)9(12)8(11)6(3)4;4-1-3(6)2-5/h9-12H,1-4H3;3-6H,1-2H2. The molecule has 0 fully saturated rings. The molecule has 0 spiro atoms. The van der Waals surface area contributed by atoms with Crippen LogP contribution in [-0.2, 0) is 0 Å². The number of allylic oxidation sites excluding steroid dienone is 2. The molecule has 0 aromatic heterocycles. The van der Waals surface area contributed by atoms with E-state index in [1.165, 1.54) is 0 Å². The van der Waals surface area contributed by atoms with Crippen molar-refractivity contribution in [2.45, 2.75) is 39.9 Å². The van der Waals surface area contributed by atoms with Crippen molar-refractivity contribution in [3.05, 3.63) is 22.7 Å². The lowest BCUT2D eigenvalue weighted by molar-refractivity contribution is 0.0450. The Hall–Kier alpha value is -1.08. The second-order valence-electron chi connectivity index (χ2n) is 4.19. The van der Waals surface area contributed by atoms with Gasteiger partial charge in [0.25, 0.3) is 0 Å². The van der Waals surface area contributed by atoms with Crippen molar-refractivity contribution in [2.75, 3.05) is 13.2 Å². The van der Waals surface area contributed by atoms with Crippen LogP contribution < -0.4 is 0 Å². The first-order valence-electron chi connectivity index (χ1n) is 5.49. The van der Waals surface area contributed by atoms with Crippen molar-refractivity contribution in [3.8, 4) is 0 Å². The van der Waals surface area contributed by atoms with Crippen LogP contribution in [0.1, 0.15) is 27.7 Å². The molecular weight excluding hydrogens is 240 g/mol. The van der Waals surface area contributed by atoms with Crippen LogP contribution in [-0.4, -0.2) is 56.1 Å². The van der Waals surface area contributed by atoms with Gasteiger partial charge in [-0.15, -0.1) is 0 Å². The van der Waals surface area contributed by atoms with Gasteiger partial charge >= 0.3 is 0 Å². The van der Waals surface area contributed by atoms with Crippen LogP contribution in [0.15, 0.2) is 22.7 Å². The molecule has 0 saturated heterocycles. The third-order valence-corrected chi connectivity index (χ3v) is 1.96. The van der Waals surface area contributed by atoms with E-state index in [0.717, 1.165) is 0 Å². The monoisotopic (exact) mass is 264 g/mol. The molecule has 0 aromatic rings. The highest BCUT2D eigenvalue weighted by molar-refractivity contribution is 5.19. The molecule has 0 rings (SSSR count). The lowest BCUT2D eigenvalue weighted by Crippen LogP contribution is -2.15. The molecule has 6 nitrogen and oxygen atoms in total. The van der Waals surface area contributed by atoms with Crippen LogP contribution in [0.25, 0.3) is 0 Å². The minimum Gasteiger partial charge on any atom is -0.509 e. The van der Waals surface area contributed by atoms with Crippen molar-refractivity contribution >= 4 is 0 Å². The van der Waals surface area contributed by atoms with E-state index in [0.29, 0.717) is 11.1 Å². The summed E-state index contributed by atoms with van der Waals surface area (Å²) < 4.78 is 0. The zero-order valence-corrected chi connectivity index (χ0v) is 11.3. The molecular formula is C12H24O6. The maximum atomic E-state index is 9.31. The molecule has 0 aliphatic carbocycles. The van der Waals surface area contributed by atoms with Crippen molar-refractivity contribution in [3.63, 3.8) is 0 Å². The van der Waals surface area contributed by atoms with Crippen molar-refractivity contribution in [1.82, 2.24) is 0 Å². The van der Waals surface area contributed by atoms with Crippen LogP contribution in [0.3, 0.4) is 0 Å². The number of hydrogen-bond donors (Lipinski definition) is 6. The minimum absolute atomic E-state index is 0.186. The summed E-state index contributed by atoms with van der Waals surface area (Å²) in [5.74, 6) is -0.373.